The fourth-order valence-electron chi connectivity index (χ4n) is 3.95. The van der Waals surface area contributed by atoms with Gasteiger partial charge in [-0.2, -0.15) is 0 Å². The number of benzene rings is 2. The highest BCUT2D eigenvalue weighted by Gasteiger charge is 2.38. The van der Waals surface area contributed by atoms with Crippen LogP contribution in [0.4, 0.5) is 5.69 Å². The molecule has 0 aromatic heterocycles. The highest BCUT2D eigenvalue weighted by atomic mass is 16.5. The largest absolute Gasteiger partial charge is 0.496 e. The van der Waals surface area contributed by atoms with E-state index in [1.807, 2.05) is 55.4 Å². The highest BCUT2D eigenvalue weighted by Crippen LogP contribution is 2.44. The summed E-state index contributed by atoms with van der Waals surface area (Å²) in [6.07, 6.45) is 4.52. The lowest BCUT2D eigenvalue weighted by Crippen LogP contribution is -2.39. The van der Waals surface area contributed by atoms with Gasteiger partial charge in [-0.3, -0.25) is 4.79 Å². The van der Waals surface area contributed by atoms with Crippen molar-refractivity contribution in [3.63, 3.8) is 0 Å². The molecule has 1 amide bonds. The molecule has 26 heavy (non-hydrogen) atoms. The van der Waals surface area contributed by atoms with E-state index >= 15 is 0 Å². The van der Waals surface area contributed by atoms with Crippen LogP contribution in [0.2, 0.25) is 0 Å². The van der Waals surface area contributed by atoms with Crippen LogP contribution < -0.4 is 15.0 Å². The Morgan fingerprint density at radius 2 is 1.85 bits per heavy atom. The first kappa shape index (κ1) is 18.3. The zero-order valence-electron chi connectivity index (χ0n) is 15.9. The van der Waals surface area contributed by atoms with Gasteiger partial charge in [0, 0.05) is 42.9 Å². The van der Waals surface area contributed by atoms with Crippen LogP contribution in [0.5, 0.6) is 5.75 Å². The monoisotopic (exact) mass is 352 g/mol. The molecule has 1 saturated carbocycles. The first-order valence-corrected chi connectivity index (χ1v) is 9.25. The molecule has 0 aliphatic heterocycles. The minimum absolute atomic E-state index is 0.0186. The summed E-state index contributed by atoms with van der Waals surface area (Å²) in [4.78, 5) is 14.7. The molecule has 2 aromatic carbocycles. The molecule has 0 heterocycles. The second-order valence-corrected chi connectivity index (χ2v) is 7.32. The Kier molecular flexibility index (Phi) is 5.50. The van der Waals surface area contributed by atoms with Crippen LogP contribution in [0.3, 0.4) is 0 Å². The van der Waals surface area contributed by atoms with Gasteiger partial charge < -0.3 is 15.0 Å². The molecule has 138 valence electrons. The number of methoxy groups -OCH3 is 1. The van der Waals surface area contributed by atoms with Gasteiger partial charge in [0.1, 0.15) is 5.75 Å². The highest BCUT2D eigenvalue weighted by molar-refractivity contribution is 5.95. The molecule has 1 aliphatic rings. The average Bonchev–Trinajstić information content (AvgIpc) is 3.16. The Morgan fingerprint density at radius 1 is 1.12 bits per heavy atom. The summed E-state index contributed by atoms with van der Waals surface area (Å²) in [5.41, 5.74) is 2.89. The Morgan fingerprint density at radius 3 is 2.54 bits per heavy atom. The Labute approximate surface area is 156 Å². The standard InChI is InChI=1S/C22H28N2O2/c1-24(2)18-10-8-9-17(15-18)21(25)23-16-22(13-6-7-14-22)19-11-4-5-12-20(19)26-3/h4-5,8-12,15H,6-7,13-14,16H2,1-3H3,(H,23,25). The first-order valence-electron chi connectivity index (χ1n) is 9.25. The van der Waals surface area contributed by atoms with Gasteiger partial charge in [0.25, 0.3) is 5.91 Å². The van der Waals surface area contributed by atoms with Crippen LogP contribution in [0.1, 0.15) is 41.6 Å². The predicted molar refractivity (Wildman–Crippen MR) is 106 cm³/mol. The molecule has 0 spiro atoms. The molecule has 1 N–H and O–H groups in total. The Balaban J connectivity index is 1.79. The molecule has 0 atom stereocenters. The molecular weight excluding hydrogens is 324 g/mol. The minimum atomic E-state index is -0.0403. The molecule has 4 heteroatoms. The number of amides is 1. The summed E-state index contributed by atoms with van der Waals surface area (Å²) >= 11 is 0. The number of nitrogens with zero attached hydrogens (tertiary/aromatic N) is 1. The van der Waals surface area contributed by atoms with Crippen LogP contribution in [-0.2, 0) is 5.41 Å². The number of carbonyl (C=O) groups is 1. The topological polar surface area (TPSA) is 41.6 Å². The van der Waals surface area contributed by atoms with Gasteiger partial charge in [-0.1, -0.05) is 37.1 Å². The van der Waals surface area contributed by atoms with Crippen molar-refractivity contribution in [2.75, 3.05) is 32.6 Å². The SMILES string of the molecule is COc1ccccc1C1(CNC(=O)c2cccc(N(C)C)c2)CCCC1. The summed E-state index contributed by atoms with van der Waals surface area (Å²) in [5, 5.41) is 3.18. The number of anilines is 1. The number of para-hydroxylation sites is 1. The molecule has 0 bridgehead atoms. The molecule has 0 saturated heterocycles. The van der Waals surface area contributed by atoms with Crippen molar-refractivity contribution in [3.8, 4) is 5.75 Å². The van der Waals surface area contributed by atoms with Crippen molar-refractivity contribution in [1.29, 1.82) is 0 Å². The molecular formula is C22H28N2O2. The van der Waals surface area contributed by atoms with Crippen LogP contribution in [0.25, 0.3) is 0 Å². The van der Waals surface area contributed by atoms with Gasteiger partial charge in [0.15, 0.2) is 0 Å². The van der Waals surface area contributed by atoms with Gasteiger partial charge in [-0.05, 0) is 37.1 Å². The van der Waals surface area contributed by atoms with E-state index in [1.165, 1.54) is 18.4 Å². The van der Waals surface area contributed by atoms with Gasteiger partial charge >= 0.3 is 0 Å². The second kappa shape index (κ2) is 7.81. The zero-order chi connectivity index (χ0) is 18.6. The number of hydrogen-bond acceptors (Lipinski definition) is 3. The molecule has 4 nitrogen and oxygen atoms in total. The maximum atomic E-state index is 12.7. The maximum Gasteiger partial charge on any atom is 0.251 e. The normalized spacial score (nSPS) is 15.5. The lowest BCUT2D eigenvalue weighted by atomic mass is 9.78. The van der Waals surface area contributed by atoms with Crippen LogP contribution in [0.15, 0.2) is 48.5 Å². The maximum absolute atomic E-state index is 12.7. The summed E-state index contributed by atoms with van der Waals surface area (Å²) in [6, 6.07) is 15.9. The van der Waals surface area contributed by atoms with Crippen LogP contribution in [0, 0.1) is 0 Å². The van der Waals surface area contributed by atoms with Gasteiger partial charge in [-0.25, -0.2) is 0 Å². The third kappa shape index (κ3) is 3.69. The van der Waals surface area contributed by atoms with Gasteiger partial charge in [-0.15, -0.1) is 0 Å². The van der Waals surface area contributed by atoms with E-state index in [-0.39, 0.29) is 11.3 Å². The summed E-state index contributed by atoms with van der Waals surface area (Å²) in [6.45, 7) is 0.637. The van der Waals surface area contributed by atoms with E-state index in [0.29, 0.717) is 12.1 Å². The van der Waals surface area contributed by atoms with E-state index in [4.69, 9.17) is 4.74 Å². The van der Waals surface area contributed by atoms with E-state index in [9.17, 15) is 4.79 Å². The van der Waals surface area contributed by atoms with E-state index in [0.717, 1.165) is 24.3 Å². The van der Waals surface area contributed by atoms with E-state index in [1.54, 1.807) is 7.11 Å². The number of rotatable bonds is 6. The molecule has 2 aromatic rings. The Hall–Kier alpha value is -2.49. The van der Waals surface area contributed by atoms with Crippen molar-refractivity contribution >= 4 is 11.6 Å². The number of hydrogen-bond donors (Lipinski definition) is 1. The van der Waals surface area contributed by atoms with Crippen molar-refractivity contribution in [3.05, 3.63) is 59.7 Å². The minimum Gasteiger partial charge on any atom is -0.496 e. The number of carbonyl (C=O) groups excluding carboxylic acids is 1. The summed E-state index contributed by atoms with van der Waals surface area (Å²) in [5.74, 6) is 0.896. The molecule has 3 rings (SSSR count). The number of ether oxygens (including phenoxy) is 1. The van der Waals surface area contributed by atoms with Crippen molar-refractivity contribution < 1.29 is 9.53 Å². The third-order valence-corrected chi connectivity index (χ3v) is 5.45. The van der Waals surface area contributed by atoms with Crippen molar-refractivity contribution in [2.45, 2.75) is 31.1 Å². The lowest BCUT2D eigenvalue weighted by Gasteiger charge is -2.31. The first-order chi connectivity index (χ1) is 12.6. The third-order valence-electron chi connectivity index (χ3n) is 5.45. The van der Waals surface area contributed by atoms with Gasteiger partial charge in [0.05, 0.1) is 7.11 Å². The molecule has 1 aliphatic carbocycles. The van der Waals surface area contributed by atoms with Crippen LogP contribution >= 0.6 is 0 Å². The molecule has 0 unspecified atom stereocenters. The second-order valence-electron chi connectivity index (χ2n) is 7.32. The van der Waals surface area contributed by atoms with Crippen LogP contribution in [-0.4, -0.2) is 33.7 Å². The van der Waals surface area contributed by atoms with Crippen molar-refractivity contribution in [2.24, 2.45) is 0 Å². The van der Waals surface area contributed by atoms with Crippen molar-refractivity contribution in [1.82, 2.24) is 5.32 Å². The average molecular weight is 352 g/mol. The Bertz CT molecular complexity index is 764. The molecule has 1 fully saturated rings. The zero-order valence-corrected chi connectivity index (χ0v) is 15.9. The fourth-order valence-corrected chi connectivity index (χ4v) is 3.95. The lowest BCUT2D eigenvalue weighted by molar-refractivity contribution is 0.0942. The molecule has 0 radical (unpaired) electrons. The fraction of sp³-hybridized carbons (Fsp3) is 0.409. The summed E-state index contributed by atoms with van der Waals surface area (Å²) in [7, 11) is 5.67. The smallest absolute Gasteiger partial charge is 0.251 e. The predicted octanol–water partition coefficient (Wildman–Crippen LogP) is 4.00. The quantitative estimate of drug-likeness (QED) is 0.854. The van der Waals surface area contributed by atoms with Gasteiger partial charge in [0.2, 0.25) is 0 Å². The number of nitrogens with one attached hydrogen (secondary N) is 1. The summed E-state index contributed by atoms with van der Waals surface area (Å²) < 4.78 is 5.60. The van der Waals surface area contributed by atoms with E-state index in [2.05, 4.69) is 17.4 Å². The van der Waals surface area contributed by atoms with E-state index < -0.39 is 0 Å².